The fourth-order valence-electron chi connectivity index (χ4n) is 2.48. The Hall–Kier alpha value is -3.61. The quantitative estimate of drug-likeness (QED) is 0.625. The van der Waals surface area contributed by atoms with E-state index in [2.05, 4.69) is 20.4 Å². The molecule has 1 aromatic carbocycles. The lowest BCUT2D eigenvalue weighted by molar-refractivity contribution is 0.102. The third-order valence-electron chi connectivity index (χ3n) is 3.67. The minimum Gasteiger partial charge on any atom is -0.320 e. The maximum Gasteiger partial charge on any atom is 0.276 e. The minimum atomic E-state index is -0.346. The van der Waals surface area contributed by atoms with Crippen molar-refractivity contribution in [2.24, 2.45) is 0 Å². The molecule has 0 aliphatic heterocycles. The molecule has 0 spiro atoms. The van der Waals surface area contributed by atoms with Crippen LogP contribution in [0.15, 0.2) is 67.1 Å². The first kappa shape index (κ1) is 14.9. The fourth-order valence-corrected chi connectivity index (χ4v) is 2.48. The van der Waals surface area contributed by atoms with Gasteiger partial charge in [-0.15, -0.1) is 0 Å². The Kier molecular flexibility index (Phi) is 3.66. The summed E-state index contributed by atoms with van der Waals surface area (Å²) in [5.41, 5.74) is 2.88. The van der Waals surface area contributed by atoms with Gasteiger partial charge in [-0.2, -0.15) is 5.10 Å². The van der Waals surface area contributed by atoms with Gasteiger partial charge >= 0.3 is 0 Å². The van der Waals surface area contributed by atoms with Crippen molar-refractivity contribution in [1.82, 2.24) is 19.6 Å². The van der Waals surface area contributed by atoms with Gasteiger partial charge in [0, 0.05) is 35.9 Å². The summed E-state index contributed by atoms with van der Waals surface area (Å²) in [6.07, 6.45) is 4.81. The summed E-state index contributed by atoms with van der Waals surface area (Å²) in [4.78, 5) is 20.5. The van der Waals surface area contributed by atoms with Gasteiger partial charge in [-0.25, -0.2) is 13.9 Å². The van der Waals surface area contributed by atoms with E-state index in [0.29, 0.717) is 17.0 Å². The monoisotopic (exact) mass is 333 g/mol. The molecule has 1 amide bonds. The molecular formula is C18H12FN5O. The summed E-state index contributed by atoms with van der Waals surface area (Å²) in [6, 6.07) is 12.8. The molecule has 25 heavy (non-hydrogen) atoms. The first-order chi connectivity index (χ1) is 12.2. The largest absolute Gasteiger partial charge is 0.320 e. The van der Waals surface area contributed by atoms with Crippen LogP contribution >= 0.6 is 0 Å². The van der Waals surface area contributed by atoms with Gasteiger partial charge in [0.2, 0.25) is 0 Å². The molecule has 0 bridgehead atoms. The van der Waals surface area contributed by atoms with E-state index in [1.807, 2.05) is 0 Å². The van der Waals surface area contributed by atoms with Crippen molar-refractivity contribution in [2.45, 2.75) is 0 Å². The molecular weight excluding hydrogens is 321 g/mol. The number of anilines is 1. The Balaban J connectivity index is 1.72. The van der Waals surface area contributed by atoms with Crippen molar-refractivity contribution in [3.8, 4) is 11.3 Å². The third kappa shape index (κ3) is 2.94. The van der Waals surface area contributed by atoms with Crippen LogP contribution in [0.4, 0.5) is 10.1 Å². The molecule has 7 heteroatoms. The number of carbonyl (C=O) groups is 1. The van der Waals surface area contributed by atoms with Crippen LogP contribution in [0.5, 0.6) is 0 Å². The van der Waals surface area contributed by atoms with Crippen molar-refractivity contribution >= 4 is 17.2 Å². The number of rotatable bonds is 3. The van der Waals surface area contributed by atoms with Crippen LogP contribution in [-0.4, -0.2) is 25.5 Å². The molecule has 0 radical (unpaired) electrons. The van der Waals surface area contributed by atoms with Gasteiger partial charge in [-0.1, -0.05) is 0 Å². The van der Waals surface area contributed by atoms with Gasteiger partial charge in [-0.3, -0.25) is 9.78 Å². The summed E-state index contributed by atoms with van der Waals surface area (Å²) in [7, 11) is 0. The van der Waals surface area contributed by atoms with Crippen molar-refractivity contribution in [2.75, 3.05) is 5.32 Å². The molecule has 0 saturated carbocycles. The maximum atomic E-state index is 13.1. The van der Waals surface area contributed by atoms with Crippen LogP contribution in [0.3, 0.4) is 0 Å². The number of fused-ring (bicyclic) bond motifs is 1. The Morgan fingerprint density at radius 2 is 1.76 bits per heavy atom. The van der Waals surface area contributed by atoms with Gasteiger partial charge in [-0.05, 0) is 42.5 Å². The van der Waals surface area contributed by atoms with Gasteiger partial charge in [0.25, 0.3) is 5.91 Å². The molecule has 0 aliphatic rings. The molecule has 0 atom stereocenters. The molecule has 0 aliphatic carbocycles. The Morgan fingerprint density at radius 3 is 2.52 bits per heavy atom. The zero-order chi connectivity index (χ0) is 17.2. The SMILES string of the molecule is O=C(Nc1ccncc1)c1cc2nccc(-c3ccc(F)cc3)n2n1. The van der Waals surface area contributed by atoms with Crippen LogP contribution in [0, 0.1) is 5.82 Å². The first-order valence-electron chi connectivity index (χ1n) is 7.53. The van der Waals surface area contributed by atoms with E-state index in [0.717, 1.165) is 5.56 Å². The molecule has 0 unspecified atom stereocenters. The minimum absolute atomic E-state index is 0.235. The van der Waals surface area contributed by atoms with E-state index < -0.39 is 0 Å². The first-order valence-corrected chi connectivity index (χ1v) is 7.53. The predicted octanol–water partition coefficient (Wildman–Crippen LogP) is 3.18. The second kappa shape index (κ2) is 6.12. The highest BCUT2D eigenvalue weighted by molar-refractivity contribution is 6.03. The lowest BCUT2D eigenvalue weighted by Crippen LogP contribution is -2.12. The van der Waals surface area contributed by atoms with Crippen LogP contribution in [0.2, 0.25) is 0 Å². The van der Waals surface area contributed by atoms with Gasteiger partial charge < -0.3 is 5.32 Å². The van der Waals surface area contributed by atoms with Crippen molar-refractivity contribution in [1.29, 1.82) is 0 Å². The second-order valence-corrected chi connectivity index (χ2v) is 5.33. The van der Waals surface area contributed by atoms with Crippen LogP contribution < -0.4 is 5.32 Å². The van der Waals surface area contributed by atoms with Gasteiger partial charge in [0.15, 0.2) is 11.3 Å². The lowest BCUT2D eigenvalue weighted by Gasteiger charge is -2.04. The maximum absolute atomic E-state index is 13.1. The highest BCUT2D eigenvalue weighted by atomic mass is 19.1. The number of hydrogen-bond acceptors (Lipinski definition) is 4. The van der Waals surface area contributed by atoms with Crippen molar-refractivity contribution in [3.63, 3.8) is 0 Å². The number of halogens is 1. The van der Waals surface area contributed by atoms with Crippen LogP contribution in [0.1, 0.15) is 10.5 Å². The zero-order valence-corrected chi connectivity index (χ0v) is 12.9. The summed E-state index contributed by atoms with van der Waals surface area (Å²) in [5.74, 6) is -0.659. The zero-order valence-electron chi connectivity index (χ0n) is 12.9. The van der Waals surface area contributed by atoms with Gasteiger partial charge in [0.05, 0.1) is 5.69 Å². The predicted molar refractivity (Wildman–Crippen MR) is 90.6 cm³/mol. The highest BCUT2D eigenvalue weighted by Gasteiger charge is 2.14. The number of pyridine rings is 1. The molecule has 6 nitrogen and oxygen atoms in total. The molecule has 0 fully saturated rings. The van der Waals surface area contributed by atoms with Crippen molar-refractivity contribution < 1.29 is 9.18 Å². The standard InChI is InChI=1S/C18H12FN5O/c19-13-3-1-12(2-4-13)16-7-10-21-17-11-15(23-24(16)17)18(25)22-14-5-8-20-9-6-14/h1-11H,(H,20,22,25). The van der Waals surface area contributed by atoms with E-state index >= 15 is 0 Å². The van der Waals surface area contributed by atoms with E-state index in [4.69, 9.17) is 0 Å². The molecule has 3 heterocycles. The van der Waals surface area contributed by atoms with Crippen LogP contribution in [0.25, 0.3) is 16.9 Å². The van der Waals surface area contributed by atoms with E-state index in [9.17, 15) is 9.18 Å². The molecule has 4 rings (SSSR count). The highest BCUT2D eigenvalue weighted by Crippen LogP contribution is 2.20. The second-order valence-electron chi connectivity index (χ2n) is 5.33. The summed E-state index contributed by atoms with van der Waals surface area (Å²) in [6.45, 7) is 0. The average Bonchev–Trinajstić information content (AvgIpc) is 3.08. The molecule has 0 saturated heterocycles. The number of benzene rings is 1. The number of nitrogens with one attached hydrogen (secondary N) is 1. The Morgan fingerprint density at radius 1 is 1.00 bits per heavy atom. The smallest absolute Gasteiger partial charge is 0.276 e. The van der Waals surface area contributed by atoms with E-state index in [1.165, 1.54) is 12.1 Å². The molecule has 122 valence electrons. The fraction of sp³-hybridized carbons (Fsp3) is 0. The summed E-state index contributed by atoms with van der Waals surface area (Å²) >= 11 is 0. The van der Waals surface area contributed by atoms with E-state index in [-0.39, 0.29) is 17.4 Å². The molecule has 1 N–H and O–H groups in total. The number of aromatic nitrogens is 4. The number of carbonyl (C=O) groups excluding carboxylic acids is 1. The number of nitrogens with zero attached hydrogens (tertiary/aromatic N) is 4. The molecule has 4 aromatic rings. The van der Waals surface area contributed by atoms with Crippen molar-refractivity contribution in [3.05, 3.63) is 78.6 Å². The third-order valence-corrected chi connectivity index (χ3v) is 3.67. The molecule has 3 aromatic heterocycles. The average molecular weight is 333 g/mol. The Labute approximate surface area is 142 Å². The summed E-state index contributed by atoms with van der Waals surface area (Å²) in [5, 5.41) is 7.09. The number of amides is 1. The lowest BCUT2D eigenvalue weighted by atomic mass is 10.1. The summed E-state index contributed by atoms with van der Waals surface area (Å²) < 4.78 is 14.7. The van der Waals surface area contributed by atoms with Crippen LogP contribution in [-0.2, 0) is 0 Å². The topological polar surface area (TPSA) is 72.2 Å². The normalized spacial score (nSPS) is 10.8. The van der Waals surface area contributed by atoms with Gasteiger partial charge in [0.1, 0.15) is 5.82 Å². The number of hydrogen-bond donors (Lipinski definition) is 1. The Bertz CT molecular complexity index is 1040. The van der Waals surface area contributed by atoms with E-state index in [1.54, 1.807) is 59.5 Å².